The van der Waals surface area contributed by atoms with Gasteiger partial charge in [-0.05, 0) is 61.7 Å². The summed E-state index contributed by atoms with van der Waals surface area (Å²) >= 11 is 0. The number of hydrogen-bond donors (Lipinski definition) is 2. The highest BCUT2D eigenvalue weighted by molar-refractivity contribution is 7.90. The Bertz CT molecular complexity index is 1030. The van der Waals surface area contributed by atoms with Crippen LogP contribution in [0.1, 0.15) is 18.9 Å². The van der Waals surface area contributed by atoms with Crippen molar-refractivity contribution in [3.8, 4) is 11.5 Å². The minimum atomic E-state index is -3.27. The number of carbonyl (C=O) groups excluding carboxylic acids is 2. The van der Waals surface area contributed by atoms with E-state index in [-0.39, 0.29) is 11.5 Å². The number of amides is 1. The van der Waals surface area contributed by atoms with Gasteiger partial charge in [-0.1, -0.05) is 12.1 Å². The molecule has 8 nitrogen and oxygen atoms in total. The van der Waals surface area contributed by atoms with Crippen molar-refractivity contribution in [2.24, 2.45) is 11.3 Å². The molecule has 0 aliphatic heterocycles. The van der Waals surface area contributed by atoms with Crippen molar-refractivity contribution < 1.29 is 32.7 Å². The minimum absolute atomic E-state index is 0.207. The maximum atomic E-state index is 12.4. The van der Waals surface area contributed by atoms with Crippen molar-refractivity contribution in [1.82, 2.24) is 5.48 Å². The monoisotopic (exact) mass is 433 g/mol. The highest BCUT2D eigenvalue weighted by Crippen LogP contribution is 2.56. The molecule has 1 aliphatic rings. The molecule has 9 heteroatoms. The number of hydrogen-bond acceptors (Lipinski definition) is 7. The molecule has 1 unspecified atom stereocenters. The van der Waals surface area contributed by atoms with Gasteiger partial charge in [-0.2, -0.15) is 0 Å². The zero-order valence-electron chi connectivity index (χ0n) is 16.6. The fourth-order valence-electron chi connectivity index (χ4n) is 3.43. The molecule has 0 heterocycles. The van der Waals surface area contributed by atoms with Gasteiger partial charge in [0.1, 0.15) is 11.5 Å². The first kappa shape index (κ1) is 21.8. The summed E-state index contributed by atoms with van der Waals surface area (Å²) in [6, 6.07) is 13.1. The third kappa shape index (κ3) is 4.63. The van der Waals surface area contributed by atoms with Gasteiger partial charge in [0.15, 0.2) is 9.84 Å². The summed E-state index contributed by atoms with van der Waals surface area (Å²) in [5.74, 6) is -0.659. The van der Waals surface area contributed by atoms with Crippen molar-refractivity contribution in [1.29, 1.82) is 0 Å². The summed E-state index contributed by atoms with van der Waals surface area (Å²) in [7, 11) is -3.27. The molecule has 0 aromatic heterocycles. The molecule has 0 radical (unpaired) electrons. The third-order valence-corrected chi connectivity index (χ3v) is 6.24. The summed E-state index contributed by atoms with van der Waals surface area (Å²) in [5.41, 5.74) is 1.45. The average Bonchev–Trinajstić information content (AvgIpc) is 3.44. The number of carbonyl (C=O) groups is 2. The van der Waals surface area contributed by atoms with E-state index in [4.69, 9.17) is 14.7 Å². The van der Waals surface area contributed by atoms with Gasteiger partial charge in [0.2, 0.25) is 5.91 Å². The lowest BCUT2D eigenvalue weighted by atomic mass is 9.93. The predicted molar refractivity (Wildman–Crippen MR) is 107 cm³/mol. The van der Waals surface area contributed by atoms with Crippen LogP contribution in [-0.2, 0) is 30.6 Å². The molecule has 30 heavy (non-hydrogen) atoms. The molecule has 2 N–H and O–H groups in total. The first-order chi connectivity index (χ1) is 14.2. The van der Waals surface area contributed by atoms with Gasteiger partial charge in [-0.3, -0.25) is 14.8 Å². The molecule has 2 atom stereocenters. The van der Waals surface area contributed by atoms with Gasteiger partial charge in [0.05, 0.1) is 22.8 Å². The van der Waals surface area contributed by atoms with E-state index >= 15 is 0 Å². The lowest BCUT2D eigenvalue weighted by Gasteiger charge is -2.16. The average molecular weight is 433 g/mol. The number of esters is 1. The quantitative estimate of drug-likeness (QED) is 0.373. The lowest BCUT2D eigenvalue weighted by Crippen LogP contribution is -2.30. The molecule has 0 saturated heterocycles. The van der Waals surface area contributed by atoms with Crippen LogP contribution in [0.2, 0.25) is 0 Å². The summed E-state index contributed by atoms with van der Waals surface area (Å²) in [5, 5.41) is 8.89. The lowest BCUT2D eigenvalue weighted by molar-refractivity contribution is -0.152. The Morgan fingerprint density at radius 2 is 1.67 bits per heavy atom. The number of nitrogens with one attached hydrogen (secondary N) is 1. The Hall–Kier alpha value is -2.91. The zero-order valence-corrected chi connectivity index (χ0v) is 17.4. The standard InChI is InChI=1S/C21H23NO7S/c1-3-28-20(24)21(13-18(21)19(23)22-25)12-14-4-6-15(7-5-14)29-16-8-10-17(11-9-16)30(2,26)27/h4-11,18,25H,3,12-13H2,1-2H3,(H,22,23)/t18?,21-/m0/s1. The van der Waals surface area contributed by atoms with Gasteiger partial charge in [0, 0.05) is 6.26 Å². The molecular weight excluding hydrogens is 410 g/mol. The first-order valence-corrected chi connectivity index (χ1v) is 11.3. The largest absolute Gasteiger partial charge is 0.466 e. The van der Waals surface area contributed by atoms with Gasteiger partial charge in [-0.25, -0.2) is 13.9 Å². The molecule has 0 spiro atoms. The number of rotatable bonds is 8. The van der Waals surface area contributed by atoms with E-state index in [0.717, 1.165) is 11.8 Å². The Morgan fingerprint density at radius 3 is 2.17 bits per heavy atom. The van der Waals surface area contributed by atoms with Crippen LogP contribution in [0.15, 0.2) is 53.4 Å². The molecule has 0 bridgehead atoms. The van der Waals surface area contributed by atoms with Crippen molar-refractivity contribution >= 4 is 21.7 Å². The second kappa shape index (κ2) is 8.45. The maximum absolute atomic E-state index is 12.4. The molecule has 3 rings (SSSR count). The highest BCUT2D eigenvalue weighted by atomic mass is 32.2. The minimum Gasteiger partial charge on any atom is -0.466 e. The van der Waals surface area contributed by atoms with E-state index in [1.54, 1.807) is 48.8 Å². The number of ether oxygens (including phenoxy) is 2. The molecular formula is C21H23NO7S. The number of sulfone groups is 1. The van der Waals surface area contributed by atoms with Gasteiger partial charge < -0.3 is 9.47 Å². The van der Waals surface area contributed by atoms with Crippen molar-refractivity contribution in [2.75, 3.05) is 12.9 Å². The second-order valence-electron chi connectivity index (χ2n) is 7.28. The van der Waals surface area contributed by atoms with E-state index in [1.165, 1.54) is 12.1 Å². The first-order valence-electron chi connectivity index (χ1n) is 9.37. The van der Waals surface area contributed by atoms with Crippen LogP contribution in [0, 0.1) is 11.3 Å². The molecule has 2 aromatic rings. The zero-order chi connectivity index (χ0) is 21.9. The van der Waals surface area contributed by atoms with E-state index in [2.05, 4.69) is 0 Å². The highest BCUT2D eigenvalue weighted by Gasteiger charge is 2.64. The van der Waals surface area contributed by atoms with Crippen molar-refractivity contribution in [3.63, 3.8) is 0 Å². The fraction of sp³-hybridized carbons (Fsp3) is 0.333. The smallest absolute Gasteiger partial charge is 0.313 e. The van der Waals surface area contributed by atoms with Crippen LogP contribution in [-0.4, -0.2) is 38.4 Å². The van der Waals surface area contributed by atoms with Gasteiger partial charge in [0.25, 0.3) is 0 Å². The number of hydroxylamine groups is 1. The van der Waals surface area contributed by atoms with E-state index in [9.17, 15) is 18.0 Å². The summed E-state index contributed by atoms with van der Waals surface area (Å²) < 4.78 is 33.9. The van der Waals surface area contributed by atoms with Crippen LogP contribution in [0.4, 0.5) is 0 Å². The topological polar surface area (TPSA) is 119 Å². The van der Waals surface area contributed by atoms with Crippen LogP contribution < -0.4 is 10.2 Å². The van der Waals surface area contributed by atoms with Gasteiger partial charge >= 0.3 is 5.97 Å². The SMILES string of the molecule is CCOC(=O)[C@@]1(Cc2ccc(Oc3ccc(S(C)(=O)=O)cc3)cc2)CC1C(=O)NO. The normalized spacial score (nSPS) is 20.3. The molecule has 1 aliphatic carbocycles. The Morgan fingerprint density at radius 1 is 1.10 bits per heavy atom. The predicted octanol–water partition coefficient (Wildman–Crippen LogP) is 2.50. The van der Waals surface area contributed by atoms with Crippen LogP contribution in [0.5, 0.6) is 11.5 Å². The summed E-state index contributed by atoms with van der Waals surface area (Å²) in [4.78, 5) is 24.4. The number of benzene rings is 2. The Balaban J connectivity index is 1.70. The summed E-state index contributed by atoms with van der Waals surface area (Å²) in [6.07, 6.45) is 1.75. The second-order valence-corrected chi connectivity index (χ2v) is 9.29. The Labute approximate surface area is 174 Å². The van der Waals surface area contributed by atoms with Gasteiger partial charge in [-0.15, -0.1) is 0 Å². The van der Waals surface area contributed by atoms with E-state index < -0.39 is 33.0 Å². The van der Waals surface area contributed by atoms with Crippen LogP contribution in [0.25, 0.3) is 0 Å². The molecule has 2 aromatic carbocycles. The summed E-state index contributed by atoms with van der Waals surface area (Å²) in [6.45, 7) is 1.91. The third-order valence-electron chi connectivity index (χ3n) is 5.11. The molecule has 160 valence electrons. The fourth-order valence-corrected chi connectivity index (χ4v) is 4.06. The molecule has 1 amide bonds. The molecule has 1 fully saturated rings. The van der Waals surface area contributed by atoms with Crippen LogP contribution in [0.3, 0.4) is 0 Å². The molecule has 1 saturated carbocycles. The maximum Gasteiger partial charge on any atom is 0.313 e. The van der Waals surface area contributed by atoms with E-state index in [0.29, 0.717) is 24.3 Å². The van der Waals surface area contributed by atoms with Crippen LogP contribution >= 0.6 is 0 Å². The Kier molecular flexibility index (Phi) is 6.14. The van der Waals surface area contributed by atoms with Crippen molar-refractivity contribution in [3.05, 3.63) is 54.1 Å². The van der Waals surface area contributed by atoms with Crippen molar-refractivity contribution in [2.45, 2.75) is 24.7 Å². The van der Waals surface area contributed by atoms with E-state index in [1.807, 2.05) is 0 Å².